The topological polar surface area (TPSA) is 82.5 Å². The van der Waals surface area contributed by atoms with Crippen LogP contribution in [-0.4, -0.2) is 40.8 Å². The van der Waals surface area contributed by atoms with Crippen LogP contribution in [0.1, 0.15) is 27.7 Å². The van der Waals surface area contributed by atoms with Gasteiger partial charge in [0.1, 0.15) is 0 Å². The molecule has 0 radical (unpaired) electrons. The minimum absolute atomic E-state index is 0.0813. The van der Waals surface area contributed by atoms with E-state index in [4.69, 9.17) is 0 Å². The third kappa shape index (κ3) is 3.62. The number of aliphatic hydroxyl groups is 1. The van der Waals surface area contributed by atoms with Crippen molar-refractivity contribution in [3.63, 3.8) is 0 Å². The Labute approximate surface area is 169 Å². The number of fused-ring (bicyclic) bond motifs is 1. The van der Waals surface area contributed by atoms with Crippen LogP contribution in [0.15, 0.2) is 24.4 Å². The molecule has 13 heteroatoms. The van der Waals surface area contributed by atoms with Crippen molar-refractivity contribution in [2.75, 3.05) is 16.8 Å². The summed E-state index contributed by atoms with van der Waals surface area (Å²) < 4.78 is 77.6. The molecule has 162 valence electrons. The molecule has 0 atom stereocenters. The summed E-state index contributed by atoms with van der Waals surface area (Å²) >= 11 is -0.140. The van der Waals surface area contributed by atoms with Gasteiger partial charge in [0, 0.05) is 30.9 Å². The molecule has 0 saturated carbocycles. The third-order valence-electron chi connectivity index (χ3n) is 4.52. The zero-order chi connectivity index (χ0) is 22.5. The van der Waals surface area contributed by atoms with Crippen LogP contribution in [0, 0.1) is 0 Å². The maximum absolute atomic E-state index is 12.9. The molecule has 1 aliphatic rings. The summed E-state index contributed by atoms with van der Waals surface area (Å²) in [7, 11) is 0. The summed E-state index contributed by atoms with van der Waals surface area (Å²) in [5.74, 6) is -0.995. The quantitative estimate of drug-likeness (QED) is 0.696. The number of hydrogen-bond acceptors (Lipinski definition) is 5. The molecule has 2 aromatic rings. The fourth-order valence-electron chi connectivity index (χ4n) is 2.98. The molecule has 0 aliphatic carbocycles. The highest BCUT2D eigenvalue weighted by Crippen LogP contribution is 2.51. The number of rotatable bonds is 3. The predicted octanol–water partition coefficient (Wildman–Crippen LogP) is 3.62. The van der Waals surface area contributed by atoms with Crippen molar-refractivity contribution in [2.24, 2.45) is 0 Å². The number of aromatic nitrogens is 1. The fraction of sp³-hybridized carbons (Fsp3) is 0.353. The van der Waals surface area contributed by atoms with Crippen molar-refractivity contribution >= 4 is 34.0 Å². The SMILES string of the molecule is CC(=O)N1CCc2cc(C(=O)Nc3ncc(C(O)(C(F)(F)F)C(F)(F)F)s3)ccc21. The molecule has 0 saturated heterocycles. The molecular formula is C17H13F6N3O3S. The Kier molecular flexibility index (Phi) is 5.31. The van der Waals surface area contributed by atoms with E-state index >= 15 is 0 Å². The minimum Gasteiger partial charge on any atom is -0.369 e. The summed E-state index contributed by atoms with van der Waals surface area (Å²) in [4.78, 5) is 27.2. The van der Waals surface area contributed by atoms with Crippen LogP contribution in [0.5, 0.6) is 0 Å². The van der Waals surface area contributed by atoms with Gasteiger partial charge < -0.3 is 10.0 Å². The Morgan fingerprint density at radius 1 is 1.17 bits per heavy atom. The largest absolute Gasteiger partial charge is 0.431 e. The number of carbonyl (C=O) groups is 2. The van der Waals surface area contributed by atoms with Gasteiger partial charge in [0.2, 0.25) is 5.91 Å². The number of carbonyl (C=O) groups excluding carboxylic acids is 2. The normalized spacial score (nSPS) is 14.6. The lowest BCUT2D eigenvalue weighted by molar-refractivity contribution is -0.375. The number of alkyl halides is 6. The van der Waals surface area contributed by atoms with Crippen LogP contribution in [0.2, 0.25) is 0 Å². The van der Waals surface area contributed by atoms with Crippen LogP contribution in [0.4, 0.5) is 37.2 Å². The van der Waals surface area contributed by atoms with Crippen LogP contribution < -0.4 is 10.2 Å². The third-order valence-corrected chi connectivity index (χ3v) is 5.54. The number of anilines is 2. The highest BCUT2D eigenvalue weighted by molar-refractivity contribution is 7.15. The van der Waals surface area contributed by atoms with E-state index in [-0.39, 0.29) is 29.0 Å². The lowest BCUT2D eigenvalue weighted by Gasteiger charge is -2.30. The second-order valence-corrected chi connectivity index (χ2v) is 7.48. The molecule has 1 aliphatic heterocycles. The van der Waals surface area contributed by atoms with Gasteiger partial charge in [-0.3, -0.25) is 14.9 Å². The van der Waals surface area contributed by atoms with Gasteiger partial charge in [0.15, 0.2) is 5.13 Å². The Hall–Kier alpha value is -2.67. The smallest absolute Gasteiger partial charge is 0.369 e. The molecule has 0 spiro atoms. The predicted molar refractivity (Wildman–Crippen MR) is 94.2 cm³/mol. The van der Waals surface area contributed by atoms with Gasteiger partial charge >= 0.3 is 12.4 Å². The van der Waals surface area contributed by atoms with E-state index in [2.05, 4.69) is 10.3 Å². The van der Waals surface area contributed by atoms with Crippen molar-refractivity contribution < 1.29 is 41.0 Å². The highest BCUT2D eigenvalue weighted by atomic mass is 32.1. The Balaban J connectivity index is 1.83. The summed E-state index contributed by atoms with van der Waals surface area (Å²) in [6.45, 7) is 1.82. The van der Waals surface area contributed by atoms with Crippen LogP contribution >= 0.6 is 11.3 Å². The number of thiazole rings is 1. The zero-order valence-corrected chi connectivity index (χ0v) is 15.9. The maximum atomic E-state index is 12.9. The van der Waals surface area contributed by atoms with Crippen LogP contribution in [0.3, 0.4) is 0 Å². The van der Waals surface area contributed by atoms with Crippen molar-refractivity contribution in [1.82, 2.24) is 4.98 Å². The van der Waals surface area contributed by atoms with Crippen molar-refractivity contribution in [1.29, 1.82) is 0 Å². The standard InChI is InChI=1S/C17H13F6N3O3S/c1-8(27)26-5-4-9-6-10(2-3-11(9)26)13(28)25-14-24-7-12(30-14)15(29,16(18,19)20)17(21,22)23/h2-3,6-7,29H,4-5H2,1H3,(H,24,25,28). The molecule has 0 bridgehead atoms. The Bertz CT molecular complexity index is 987. The fourth-order valence-corrected chi connectivity index (χ4v) is 3.92. The maximum Gasteiger partial charge on any atom is 0.431 e. The molecule has 30 heavy (non-hydrogen) atoms. The van der Waals surface area contributed by atoms with Gasteiger partial charge in [-0.2, -0.15) is 26.3 Å². The first-order valence-corrected chi connectivity index (χ1v) is 9.12. The zero-order valence-electron chi connectivity index (χ0n) is 15.1. The molecule has 6 nitrogen and oxygen atoms in total. The van der Waals surface area contributed by atoms with Crippen molar-refractivity contribution in [3.05, 3.63) is 40.4 Å². The van der Waals surface area contributed by atoms with Crippen LogP contribution in [-0.2, 0) is 16.8 Å². The molecule has 2 heterocycles. The minimum atomic E-state index is -6.04. The number of halogens is 6. The molecule has 3 rings (SSSR count). The lowest BCUT2D eigenvalue weighted by Crippen LogP contribution is -2.53. The average molecular weight is 453 g/mol. The molecule has 1 aromatic heterocycles. The highest BCUT2D eigenvalue weighted by Gasteiger charge is 2.72. The Morgan fingerprint density at radius 3 is 2.37 bits per heavy atom. The molecule has 0 unspecified atom stereocenters. The summed E-state index contributed by atoms with van der Waals surface area (Å²) in [5.41, 5.74) is -3.71. The van der Waals surface area contributed by atoms with E-state index in [9.17, 15) is 41.0 Å². The molecule has 2 amide bonds. The van der Waals surface area contributed by atoms with Crippen LogP contribution in [0.25, 0.3) is 0 Å². The van der Waals surface area contributed by atoms with E-state index in [1.807, 2.05) is 0 Å². The summed E-state index contributed by atoms with van der Waals surface area (Å²) in [6.07, 6.45) is -11.4. The average Bonchev–Trinajstić information content (AvgIpc) is 3.25. The van der Waals surface area contributed by atoms with E-state index in [0.29, 0.717) is 24.2 Å². The van der Waals surface area contributed by atoms with Gasteiger partial charge in [0.25, 0.3) is 11.5 Å². The first-order valence-electron chi connectivity index (χ1n) is 8.30. The molecular weight excluding hydrogens is 440 g/mol. The van der Waals surface area contributed by atoms with Gasteiger partial charge in [-0.15, -0.1) is 0 Å². The number of nitrogens with zero attached hydrogens (tertiary/aromatic N) is 2. The van der Waals surface area contributed by atoms with Gasteiger partial charge in [0.05, 0.1) is 4.88 Å². The summed E-state index contributed by atoms with van der Waals surface area (Å²) in [5, 5.41) is 10.9. The number of hydrogen-bond donors (Lipinski definition) is 2. The molecule has 0 fully saturated rings. The second-order valence-electron chi connectivity index (χ2n) is 6.45. The summed E-state index contributed by atoms with van der Waals surface area (Å²) in [6, 6.07) is 4.37. The van der Waals surface area contributed by atoms with E-state index < -0.39 is 33.9 Å². The monoisotopic (exact) mass is 453 g/mol. The van der Waals surface area contributed by atoms with E-state index in [1.54, 1.807) is 0 Å². The van der Waals surface area contributed by atoms with Gasteiger partial charge in [-0.25, -0.2) is 4.98 Å². The number of amides is 2. The Morgan fingerprint density at radius 2 is 1.80 bits per heavy atom. The van der Waals surface area contributed by atoms with E-state index in [1.165, 1.54) is 30.0 Å². The second kappa shape index (κ2) is 7.23. The lowest BCUT2D eigenvalue weighted by atomic mass is 10.0. The number of nitrogens with one attached hydrogen (secondary N) is 1. The van der Waals surface area contributed by atoms with Crippen molar-refractivity contribution in [3.8, 4) is 0 Å². The van der Waals surface area contributed by atoms with E-state index in [0.717, 1.165) is 0 Å². The van der Waals surface area contributed by atoms with Gasteiger partial charge in [-0.05, 0) is 30.2 Å². The van der Waals surface area contributed by atoms with Crippen molar-refractivity contribution in [2.45, 2.75) is 31.3 Å². The number of benzene rings is 1. The molecule has 2 N–H and O–H groups in total. The first kappa shape index (κ1) is 22.0. The van der Waals surface area contributed by atoms with Gasteiger partial charge in [-0.1, -0.05) is 11.3 Å². The molecule has 1 aromatic carbocycles. The first-order chi connectivity index (χ1) is 13.8.